The summed E-state index contributed by atoms with van der Waals surface area (Å²) in [5.41, 5.74) is 0.830. The van der Waals surface area contributed by atoms with Crippen molar-refractivity contribution in [1.29, 1.82) is 0 Å². The second-order valence-corrected chi connectivity index (χ2v) is 7.59. The van der Waals surface area contributed by atoms with E-state index < -0.39 is 11.7 Å². The lowest BCUT2D eigenvalue weighted by Crippen LogP contribution is -2.51. The van der Waals surface area contributed by atoms with Crippen LogP contribution in [0.3, 0.4) is 0 Å². The number of likely N-dealkylation sites (N-methyl/N-ethyl adjacent to an activating group) is 1. The zero-order valence-corrected chi connectivity index (χ0v) is 16.9. The lowest BCUT2D eigenvalue weighted by Gasteiger charge is -2.37. The molecule has 0 atom stereocenters. The Morgan fingerprint density at radius 1 is 1.07 bits per heavy atom. The Labute approximate surface area is 173 Å². The van der Waals surface area contributed by atoms with Gasteiger partial charge in [0.15, 0.2) is 0 Å². The molecule has 2 aromatic rings. The highest BCUT2D eigenvalue weighted by atomic mass is 35.5. The molecule has 0 aromatic heterocycles. The third-order valence-electron chi connectivity index (χ3n) is 4.97. The van der Waals surface area contributed by atoms with Crippen LogP contribution >= 0.6 is 11.6 Å². The summed E-state index contributed by atoms with van der Waals surface area (Å²) in [6, 6.07) is 12.8. The van der Waals surface area contributed by atoms with E-state index in [0.29, 0.717) is 43.4 Å². The normalized spacial score (nSPS) is 15.1. The molecule has 29 heavy (non-hydrogen) atoms. The molecular weight excluding hydrogens is 403 g/mol. The quantitative estimate of drug-likeness (QED) is 0.720. The first-order valence-electron chi connectivity index (χ1n) is 9.36. The first-order chi connectivity index (χ1) is 13.7. The number of amides is 1. The molecule has 1 fully saturated rings. The molecule has 0 saturated carbocycles. The molecule has 1 heterocycles. The summed E-state index contributed by atoms with van der Waals surface area (Å²) in [5.74, 6) is 0.00301. The number of alkyl halides is 3. The average Bonchev–Trinajstić information content (AvgIpc) is 2.69. The molecule has 1 aliphatic rings. The molecule has 0 bridgehead atoms. The summed E-state index contributed by atoms with van der Waals surface area (Å²) in [7, 11) is 1.86. The first-order valence-corrected chi connectivity index (χ1v) is 9.74. The van der Waals surface area contributed by atoms with Gasteiger partial charge in [0, 0.05) is 43.4 Å². The van der Waals surface area contributed by atoms with Gasteiger partial charge < -0.3 is 9.80 Å². The zero-order chi connectivity index (χ0) is 21.0. The number of carbonyl (C=O) groups is 1. The van der Waals surface area contributed by atoms with Crippen molar-refractivity contribution in [3.05, 3.63) is 64.7 Å². The fourth-order valence-electron chi connectivity index (χ4n) is 3.40. The maximum absolute atomic E-state index is 12.9. The van der Waals surface area contributed by atoms with E-state index in [1.807, 2.05) is 41.1 Å². The minimum Gasteiger partial charge on any atom is -0.368 e. The van der Waals surface area contributed by atoms with Crippen molar-refractivity contribution in [2.75, 3.05) is 44.7 Å². The Morgan fingerprint density at radius 2 is 1.76 bits per heavy atom. The molecule has 1 saturated heterocycles. The number of carbonyl (C=O) groups excluding carboxylic acids is 1. The van der Waals surface area contributed by atoms with Gasteiger partial charge in [0.05, 0.1) is 12.1 Å². The molecule has 0 N–H and O–H groups in total. The fourth-order valence-corrected chi connectivity index (χ4v) is 3.59. The number of nitrogens with zero attached hydrogens (tertiary/aromatic N) is 3. The Morgan fingerprint density at radius 3 is 2.41 bits per heavy atom. The highest BCUT2D eigenvalue weighted by molar-refractivity contribution is 6.31. The summed E-state index contributed by atoms with van der Waals surface area (Å²) in [4.78, 5) is 18.1. The van der Waals surface area contributed by atoms with E-state index in [1.165, 1.54) is 6.07 Å². The number of anilines is 1. The Balaban J connectivity index is 1.52. The lowest BCUT2D eigenvalue weighted by atomic mass is 10.1. The predicted molar refractivity (Wildman–Crippen MR) is 108 cm³/mol. The average molecular weight is 426 g/mol. The van der Waals surface area contributed by atoms with Crippen molar-refractivity contribution < 1.29 is 18.0 Å². The topological polar surface area (TPSA) is 26.8 Å². The maximum atomic E-state index is 12.9. The third kappa shape index (κ3) is 5.64. The summed E-state index contributed by atoms with van der Waals surface area (Å²) < 4.78 is 38.8. The van der Waals surface area contributed by atoms with Crippen LogP contribution < -0.4 is 4.90 Å². The van der Waals surface area contributed by atoms with Gasteiger partial charge in [-0.05, 0) is 36.9 Å². The zero-order valence-electron chi connectivity index (χ0n) is 16.1. The largest absolute Gasteiger partial charge is 0.416 e. The van der Waals surface area contributed by atoms with Crippen LogP contribution in [0.25, 0.3) is 0 Å². The molecule has 156 valence electrons. The van der Waals surface area contributed by atoms with Gasteiger partial charge in [0.1, 0.15) is 0 Å². The van der Waals surface area contributed by atoms with Crippen molar-refractivity contribution in [2.24, 2.45) is 0 Å². The Hall–Kier alpha value is -2.25. The lowest BCUT2D eigenvalue weighted by molar-refractivity contribution is -0.137. The van der Waals surface area contributed by atoms with E-state index in [-0.39, 0.29) is 12.5 Å². The SMILES string of the molecule is CN(CC(=O)N1CCN(c2cccc(C(F)(F)F)c2)CC1)Cc1ccccc1Cl. The second-order valence-electron chi connectivity index (χ2n) is 7.18. The molecule has 4 nitrogen and oxygen atoms in total. The van der Waals surface area contributed by atoms with E-state index in [1.54, 1.807) is 11.0 Å². The number of hydrogen-bond donors (Lipinski definition) is 0. The number of hydrogen-bond acceptors (Lipinski definition) is 3. The fraction of sp³-hybridized carbons (Fsp3) is 0.381. The molecular formula is C21H23ClF3N3O. The van der Waals surface area contributed by atoms with Crippen LogP contribution in [-0.2, 0) is 17.5 Å². The van der Waals surface area contributed by atoms with Crippen LogP contribution in [0.2, 0.25) is 5.02 Å². The predicted octanol–water partition coefficient (Wildman–Crippen LogP) is 4.14. The molecule has 2 aromatic carbocycles. The van der Waals surface area contributed by atoms with Gasteiger partial charge in [0.2, 0.25) is 5.91 Å². The Kier molecular flexibility index (Phi) is 6.70. The van der Waals surface area contributed by atoms with Gasteiger partial charge in [-0.25, -0.2) is 0 Å². The number of halogens is 4. The van der Waals surface area contributed by atoms with Crippen LogP contribution in [0.15, 0.2) is 48.5 Å². The minimum absolute atomic E-state index is 0.00301. The van der Waals surface area contributed by atoms with Crippen LogP contribution in [-0.4, -0.2) is 55.5 Å². The second kappa shape index (κ2) is 9.05. The minimum atomic E-state index is -4.36. The molecule has 0 radical (unpaired) electrons. The number of rotatable bonds is 5. The Bertz CT molecular complexity index is 851. The van der Waals surface area contributed by atoms with E-state index in [9.17, 15) is 18.0 Å². The molecule has 0 aliphatic carbocycles. The van der Waals surface area contributed by atoms with Gasteiger partial charge in [-0.15, -0.1) is 0 Å². The van der Waals surface area contributed by atoms with E-state index in [0.717, 1.165) is 17.7 Å². The molecule has 0 spiro atoms. The van der Waals surface area contributed by atoms with E-state index in [4.69, 9.17) is 11.6 Å². The monoisotopic (exact) mass is 425 g/mol. The van der Waals surface area contributed by atoms with Crippen LogP contribution in [0, 0.1) is 0 Å². The molecule has 8 heteroatoms. The van der Waals surface area contributed by atoms with Crippen molar-refractivity contribution in [2.45, 2.75) is 12.7 Å². The summed E-state index contributed by atoms with van der Waals surface area (Å²) in [6.07, 6.45) is -4.36. The maximum Gasteiger partial charge on any atom is 0.416 e. The van der Waals surface area contributed by atoms with Crippen molar-refractivity contribution >= 4 is 23.2 Å². The number of benzene rings is 2. The van der Waals surface area contributed by atoms with Gasteiger partial charge >= 0.3 is 6.18 Å². The van der Waals surface area contributed by atoms with Crippen LogP contribution in [0.5, 0.6) is 0 Å². The summed E-state index contributed by atoms with van der Waals surface area (Å²) in [6.45, 7) is 2.79. The van der Waals surface area contributed by atoms with Crippen LogP contribution in [0.1, 0.15) is 11.1 Å². The van der Waals surface area contributed by atoms with E-state index >= 15 is 0 Å². The van der Waals surface area contributed by atoms with E-state index in [2.05, 4.69) is 0 Å². The summed E-state index contributed by atoms with van der Waals surface area (Å²) >= 11 is 6.17. The van der Waals surface area contributed by atoms with Crippen LogP contribution in [0.4, 0.5) is 18.9 Å². The smallest absolute Gasteiger partial charge is 0.368 e. The highest BCUT2D eigenvalue weighted by Gasteiger charge is 2.31. The van der Waals surface area contributed by atoms with Crippen molar-refractivity contribution in [1.82, 2.24) is 9.80 Å². The van der Waals surface area contributed by atoms with Gasteiger partial charge in [-0.3, -0.25) is 9.69 Å². The standard InChI is InChI=1S/C21H23ClF3N3O/c1-26(14-16-5-2-3-8-19(16)22)15-20(29)28-11-9-27(10-12-28)18-7-4-6-17(13-18)21(23,24)25/h2-8,13H,9-12,14-15H2,1H3. The highest BCUT2D eigenvalue weighted by Crippen LogP contribution is 2.31. The number of piperazine rings is 1. The molecule has 1 aliphatic heterocycles. The van der Waals surface area contributed by atoms with Gasteiger partial charge in [0.25, 0.3) is 0 Å². The molecule has 0 unspecified atom stereocenters. The van der Waals surface area contributed by atoms with Gasteiger partial charge in [-0.2, -0.15) is 13.2 Å². The molecule has 1 amide bonds. The first kappa shape index (κ1) is 21.5. The van der Waals surface area contributed by atoms with Crippen molar-refractivity contribution in [3.8, 4) is 0 Å². The van der Waals surface area contributed by atoms with Gasteiger partial charge in [-0.1, -0.05) is 35.9 Å². The third-order valence-corrected chi connectivity index (χ3v) is 5.34. The molecule has 3 rings (SSSR count). The summed E-state index contributed by atoms with van der Waals surface area (Å²) in [5, 5.41) is 0.668. The van der Waals surface area contributed by atoms with Crippen molar-refractivity contribution in [3.63, 3.8) is 0 Å².